The second kappa shape index (κ2) is 11.1. The van der Waals surface area contributed by atoms with Gasteiger partial charge in [-0.05, 0) is 54.6 Å². The lowest BCUT2D eigenvalue weighted by Crippen LogP contribution is -2.41. The number of aromatic nitrogens is 3. The normalized spacial score (nSPS) is 18.3. The van der Waals surface area contributed by atoms with E-state index in [0.717, 1.165) is 16.2 Å². The van der Waals surface area contributed by atoms with Crippen molar-refractivity contribution in [1.82, 2.24) is 24.6 Å². The first-order valence-corrected chi connectivity index (χ1v) is 16.1. The molecule has 4 aromatic rings. The van der Waals surface area contributed by atoms with Gasteiger partial charge in [0, 0.05) is 22.5 Å². The van der Waals surface area contributed by atoms with Gasteiger partial charge in [-0.15, -0.1) is 0 Å². The fourth-order valence-electron chi connectivity index (χ4n) is 5.24. The molecule has 0 unspecified atom stereocenters. The average Bonchev–Trinajstić information content (AvgIpc) is 3.55. The van der Waals surface area contributed by atoms with Crippen LogP contribution in [0, 0.1) is 11.7 Å². The number of nitrogens with zero attached hydrogens (tertiary/aromatic N) is 3. The zero-order chi connectivity index (χ0) is 29.6. The molecule has 2 aliphatic rings. The van der Waals surface area contributed by atoms with Crippen molar-refractivity contribution >= 4 is 66.6 Å². The summed E-state index contributed by atoms with van der Waals surface area (Å²) in [5.74, 6) is -2.32. The zero-order valence-electron chi connectivity index (χ0n) is 21.9. The number of sulfone groups is 1. The van der Waals surface area contributed by atoms with Crippen molar-refractivity contribution in [3.8, 4) is 0 Å². The van der Waals surface area contributed by atoms with Crippen LogP contribution >= 0.6 is 23.1 Å². The summed E-state index contributed by atoms with van der Waals surface area (Å²) >= 11 is 7.57. The Bertz CT molecular complexity index is 1840. The number of hydrogen-bond acceptors (Lipinski definition) is 8. The van der Waals surface area contributed by atoms with Crippen LogP contribution in [0.25, 0.3) is 10.1 Å². The number of nitrogens with one attached hydrogen (secondary N) is 3. The van der Waals surface area contributed by atoms with Crippen molar-refractivity contribution in [1.29, 1.82) is 0 Å². The van der Waals surface area contributed by atoms with E-state index in [4.69, 9.17) is 11.6 Å². The van der Waals surface area contributed by atoms with Gasteiger partial charge in [-0.1, -0.05) is 29.8 Å². The van der Waals surface area contributed by atoms with Gasteiger partial charge < -0.3 is 20.5 Å². The first-order chi connectivity index (χ1) is 20.1. The molecule has 1 saturated heterocycles. The van der Waals surface area contributed by atoms with Crippen LogP contribution in [0.4, 0.5) is 10.2 Å². The Kier molecular flexibility index (Phi) is 7.45. The van der Waals surface area contributed by atoms with Crippen molar-refractivity contribution in [3.05, 3.63) is 76.1 Å². The first-order valence-electron chi connectivity index (χ1n) is 13.1. The van der Waals surface area contributed by atoms with Crippen LogP contribution in [0.2, 0.25) is 5.02 Å². The molecule has 2 aromatic heterocycles. The highest BCUT2D eigenvalue weighted by Crippen LogP contribution is 2.36. The van der Waals surface area contributed by atoms with Gasteiger partial charge in [0.25, 0.3) is 11.8 Å². The SMILES string of the molecule is O=C1Cn2c(C(=O)NCC3CCS(=O)(=O)CC3)nc(NC(=O)c3nsc4ccccc34)c2[C@@H](c2cc(F)ccc2Cl)N1. The summed E-state index contributed by atoms with van der Waals surface area (Å²) in [5, 5.41) is 9.11. The number of halogens is 2. The zero-order valence-corrected chi connectivity index (χ0v) is 24.3. The molecule has 0 aliphatic carbocycles. The number of rotatable bonds is 6. The first kappa shape index (κ1) is 28.2. The Labute approximate surface area is 248 Å². The van der Waals surface area contributed by atoms with Crippen LogP contribution in [0.3, 0.4) is 0 Å². The molecule has 0 spiro atoms. The minimum absolute atomic E-state index is 0.0173. The minimum atomic E-state index is -3.06. The van der Waals surface area contributed by atoms with Crippen molar-refractivity contribution in [2.45, 2.75) is 25.4 Å². The summed E-state index contributed by atoms with van der Waals surface area (Å²) < 4.78 is 44.3. The summed E-state index contributed by atoms with van der Waals surface area (Å²) in [4.78, 5) is 44.1. The molecule has 1 atom stereocenters. The van der Waals surface area contributed by atoms with Gasteiger partial charge in [-0.25, -0.2) is 17.8 Å². The fraction of sp³-hybridized carbons (Fsp3) is 0.296. The molecule has 0 saturated carbocycles. The molecule has 11 nitrogen and oxygen atoms in total. The van der Waals surface area contributed by atoms with Crippen molar-refractivity contribution < 1.29 is 27.2 Å². The molecule has 15 heteroatoms. The number of carbonyl (C=O) groups is 3. The Morgan fingerprint density at radius 2 is 1.90 bits per heavy atom. The summed E-state index contributed by atoms with van der Waals surface area (Å²) in [7, 11) is -3.06. The van der Waals surface area contributed by atoms with Crippen LogP contribution in [-0.2, 0) is 21.2 Å². The second-order valence-corrected chi connectivity index (χ2v) is 13.7. The Hall–Kier alpha value is -3.88. The van der Waals surface area contributed by atoms with E-state index in [1.165, 1.54) is 22.8 Å². The topological polar surface area (TPSA) is 152 Å². The maximum absolute atomic E-state index is 14.3. The number of carbonyl (C=O) groups excluding carboxylic acids is 3. The Morgan fingerprint density at radius 1 is 1.14 bits per heavy atom. The molecule has 0 bridgehead atoms. The van der Waals surface area contributed by atoms with Gasteiger partial charge in [-0.3, -0.25) is 14.4 Å². The summed E-state index contributed by atoms with van der Waals surface area (Å²) in [5.41, 5.74) is 0.621. The molecule has 3 N–H and O–H groups in total. The molecule has 2 aliphatic heterocycles. The molecule has 42 heavy (non-hydrogen) atoms. The van der Waals surface area contributed by atoms with Gasteiger partial charge in [0.05, 0.1) is 27.9 Å². The third-order valence-corrected chi connectivity index (χ3v) is 10.3. The number of fused-ring (bicyclic) bond motifs is 2. The maximum atomic E-state index is 14.3. The van der Waals surface area contributed by atoms with Gasteiger partial charge in [-0.2, -0.15) is 4.37 Å². The molecular formula is C27H24ClFN6O5S2. The second-order valence-electron chi connectivity index (χ2n) is 10.2. The molecule has 4 heterocycles. The molecule has 218 valence electrons. The lowest BCUT2D eigenvalue weighted by Gasteiger charge is -2.28. The lowest BCUT2D eigenvalue weighted by atomic mass is 10.0. The van der Waals surface area contributed by atoms with E-state index in [9.17, 15) is 27.2 Å². The number of amides is 3. The van der Waals surface area contributed by atoms with Crippen LogP contribution < -0.4 is 16.0 Å². The van der Waals surface area contributed by atoms with E-state index in [1.807, 2.05) is 12.1 Å². The van der Waals surface area contributed by atoms with Crippen molar-refractivity contribution in [2.24, 2.45) is 5.92 Å². The fourth-order valence-corrected chi connectivity index (χ4v) is 7.83. The largest absolute Gasteiger partial charge is 0.349 e. The minimum Gasteiger partial charge on any atom is -0.349 e. The maximum Gasteiger partial charge on any atom is 0.287 e. The third-order valence-electron chi connectivity index (χ3n) is 7.41. The smallest absolute Gasteiger partial charge is 0.287 e. The third kappa shape index (κ3) is 5.49. The average molecular weight is 631 g/mol. The molecule has 6 rings (SSSR count). The highest BCUT2D eigenvalue weighted by molar-refractivity contribution is 7.91. The Balaban J connectivity index is 1.37. The van der Waals surface area contributed by atoms with E-state index in [1.54, 1.807) is 12.1 Å². The highest BCUT2D eigenvalue weighted by atomic mass is 35.5. The molecule has 3 amide bonds. The van der Waals surface area contributed by atoms with E-state index >= 15 is 0 Å². The standard InChI is InChI=1S/C27H24ClFN6O5S2/c28-18-6-5-15(29)11-17(18)21-23-24(33-26(37)22-16-3-1-2-4-19(16)41-34-22)32-25(35(23)13-20(36)31-21)27(38)30-12-14-7-9-42(39,40)10-8-14/h1-6,11,14,21H,7-10,12-13H2,(H,30,38)(H,31,36)(H,33,37)/t21-/m1/s1. The molecule has 2 aromatic carbocycles. The predicted molar refractivity (Wildman–Crippen MR) is 155 cm³/mol. The lowest BCUT2D eigenvalue weighted by molar-refractivity contribution is -0.123. The summed E-state index contributed by atoms with van der Waals surface area (Å²) in [6.07, 6.45) is 0.849. The number of benzene rings is 2. The van der Waals surface area contributed by atoms with E-state index in [0.29, 0.717) is 18.2 Å². The summed E-state index contributed by atoms with van der Waals surface area (Å²) in [6.45, 7) is -0.0693. The van der Waals surface area contributed by atoms with Gasteiger partial charge in [0.15, 0.2) is 5.82 Å². The van der Waals surface area contributed by atoms with Gasteiger partial charge in [0.1, 0.15) is 27.9 Å². The monoisotopic (exact) mass is 630 g/mol. The predicted octanol–water partition coefficient (Wildman–Crippen LogP) is 3.31. The number of hydrogen-bond donors (Lipinski definition) is 3. The number of imidazole rings is 1. The van der Waals surface area contributed by atoms with Crippen molar-refractivity contribution in [2.75, 3.05) is 23.4 Å². The van der Waals surface area contributed by atoms with Crippen LogP contribution in [-0.4, -0.2) is 58.1 Å². The molecule has 1 fully saturated rings. The van der Waals surface area contributed by atoms with E-state index < -0.39 is 39.4 Å². The van der Waals surface area contributed by atoms with Gasteiger partial charge >= 0.3 is 0 Å². The highest BCUT2D eigenvalue weighted by Gasteiger charge is 2.36. The van der Waals surface area contributed by atoms with E-state index in [2.05, 4.69) is 25.3 Å². The van der Waals surface area contributed by atoms with E-state index in [-0.39, 0.29) is 64.1 Å². The van der Waals surface area contributed by atoms with Gasteiger partial charge in [0.2, 0.25) is 11.7 Å². The molecular weight excluding hydrogens is 607 g/mol. The number of anilines is 1. The van der Waals surface area contributed by atoms with Crippen LogP contribution in [0.1, 0.15) is 51.2 Å². The van der Waals surface area contributed by atoms with Crippen LogP contribution in [0.15, 0.2) is 42.5 Å². The quantitative estimate of drug-likeness (QED) is 0.296. The van der Waals surface area contributed by atoms with Crippen LogP contribution in [0.5, 0.6) is 0 Å². The van der Waals surface area contributed by atoms with Crippen molar-refractivity contribution in [3.63, 3.8) is 0 Å². The molecule has 0 radical (unpaired) electrons. The Morgan fingerprint density at radius 3 is 2.69 bits per heavy atom. The summed E-state index contributed by atoms with van der Waals surface area (Å²) in [6, 6.07) is 9.89.